The maximum Gasteiger partial charge on any atom is 0.294 e. The van der Waals surface area contributed by atoms with Crippen molar-refractivity contribution in [3.05, 3.63) is 160 Å². The molecule has 9 nitrogen and oxygen atoms in total. The van der Waals surface area contributed by atoms with E-state index in [9.17, 15) is 19.3 Å². The smallest absolute Gasteiger partial charge is 0.294 e. The van der Waals surface area contributed by atoms with E-state index in [4.69, 9.17) is 0 Å². The number of hydrogen-bond acceptors (Lipinski definition) is 9. The van der Waals surface area contributed by atoms with Gasteiger partial charge in [-0.25, -0.2) is 4.39 Å². The molecular formula is C42H39FN6O3S2. The maximum atomic E-state index is 13.8. The van der Waals surface area contributed by atoms with Gasteiger partial charge in [0, 0.05) is 83.0 Å². The number of aromatic nitrogens is 1. The van der Waals surface area contributed by atoms with Crippen molar-refractivity contribution in [2.45, 2.75) is 23.1 Å². The Kier molecular flexibility index (Phi) is 11.2. The lowest BCUT2D eigenvalue weighted by Crippen LogP contribution is -2.45. The standard InChI is InChI=1S/C42H39FN6O3S2/c1-29-38(28-50)41(42(46(29)2)30-12-14-32(43)15-13-30)31-8-6-7-9-35(26-31)48-24-22-47(23-25-48)34-18-16-33(17-19-34)44-54-37-20-21-39(40(27-37)49(51)52)45-53-36-10-4-3-5-11-36/h3-5,7-21,26-28,44-45H,6,22-25H2,1-2H3. The van der Waals surface area contributed by atoms with Crippen LogP contribution in [0.2, 0.25) is 0 Å². The summed E-state index contributed by atoms with van der Waals surface area (Å²) in [5.74, 6) is -0.299. The van der Waals surface area contributed by atoms with E-state index in [1.807, 2.05) is 67.1 Å². The van der Waals surface area contributed by atoms with Crippen LogP contribution in [0.5, 0.6) is 0 Å². The van der Waals surface area contributed by atoms with Gasteiger partial charge in [-0.1, -0.05) is 30.4 Å². The number of anilines is 3. The third-order valence-corrected chi connectivity index (χ3v) is 11.3. The van der Waals surface area contributed by atoms with Crippen LogP contribution in [0.15, 0.2) is 137 Å². The first-order valence-electron chi connectivity index (χ1n) is 17.6. The Labute approximate surface area is 322 Å². The van der Waals surface area contributed by atoms with Gasteiger partial charge < -0.3 is 23.8 Å². The molecule has 0 spiro atoms. The van der Waals surface area contributed by atoms with Crippen molar-refractivity contribution in [2.75, 3.05) is 40.5 Å². The van der Waals surface area contributed by atoms with Crippen LogP contribution >= 0.6 is 23.9 Å². The molecule has 2 aliphatic rings. The largest absolute Gasteiger partial charge is 0.368 e. The zero-order chi connectivity index (χ0) is 37.6. The third kappa shape index (κ3) is 8.09. The summed E-state index contributed by atoms with van der Waals surface area (Å²) in [5.41, 5.74) is 8.68. The minimum Gasteiger partial charge on any atom is -0.368 e. The fraction of sp³-hybridized carbons (Fsp3) is 0.167. The van der Waals surface area contributed by atoms with E-state index in [1.165, 1.54) is 36.0 Å². The highest BCUT2D eigenvalue weighted by molar-refractivity contribution is 8.00. The highest BCUT2D eigenvalue weighted by Crippen LogP contribution is 2.38. The van der Waals surface area contributed by atoms with Gasteiger partial charge in [-0.2, -0.15) is 0 Å². The molecule has 1 fully saturated rings. The number of piperazine rings is 1. The molecular weight excluding hydrogens is 720 g/mol. The molecule has 12 heteroatoms. The van der Waals surface area contributed by atoms with Crippen molar-refractivity contribution in [1.82, 2.24) is 9.47 Å². The van der Waals surface area contributed by atoms with E-state index in [0.717, 1.165) is 93.8 Å². The van der Waals surface area contributed by atoms with Crippen LogP contribution in [-0.4, -0.2) is 46.9 Å². The molecule has 0 amide bonds. The molecule has 274 valence electrons. The number of nitrogens with zero attached hydrogens (tertiary/aromatic N) is 4. The summed E-state index contributed by atoms with van der Waals surface area (Å²) in [5, 5.41) is 11.8. The second kappa shape index (κ2) is 16.5. The number of hydrogen-bond donors (Lipinski definition) is 2. The second-order valence-electron chi connectivity index (χ2n) is 13.0. The highest BCUT2D eigenvalue weighted by Gasteiger charge is 2.24. The van der Waals surface area contributed by atoms with Gasteiger partial charge in [0.25, 0.3) is 5.69 Å². The van der Waals surface area contributed by atoms with Gasteiger partial charge >= 0.3 is 0 Å². The third-order valence-electron chi connectivity index (χ3n) is 9.68. The van der Waals surface area contributed by atoms with Crippen molar-refractivity contribution in [3.63, 3.8) is 0 Å². The average Bonchev–Trinajstić information content (AvgIpc) is 3.32. The van der Waals surface area contributed by atoms with Crippen LogP contribution in [-0.2, 0) is 7.05 Å². The molecule has 0 saturated carbocycles. The summed E-state index contributed by atoms with van der Waals surface area (Å²) in [6, 6.07) is 29.5. The molecule has 4 aromatic carbocycles. The molecule has 1 aromatic heterocycles. The van der Waals surface area contributed by atoms with E-state index in [-0.39, 0.29) is 16.4 Å². The van der Waals surface area contributed by atoms with E-state index in [1.54, 1.807) is 24.3 Å². The van der Waals surface area contributed by atoms with Crippen molar-refractivity contribution in [1.29, 1.82) is 0 Å². The molecule has 0 radical (unpaired) electrons. The second-order valence-corrected chi connectivity index (χ2v) is 14.7. The number of aldehydes is 1. The van der Waals surface area contributed by atoms with E-state index < -0.39 is 0 Å². The Morgan fingerprint density at radius 3 is 2.26 bits per heavy atom. The number of halogens is 1. The summed E-state index contributed by atoms with van der Waals surface area (Å²) in [4.78, 5) is 30.3. The Hall–Kier alpha value is -5.72. The fourth-order valence-electron chi connectivity index (χ4n) is 6.72. The fourth-order valence-corrected chi connectivity index (χ4v) is 8.10. The first kappa shape index (κ1) is 36.6. The Morgan fingerprint density at radius 2 is 1.56 bits per heavy atom. The van der Waals surface area contributed by atoms with Crippen LogP contribution in [0.25, 0.3) is 16.8 Å². The summed E-state index contributed by atoms with van der Waals surface area (Å²) in [6.07, 6.45) is 10.3. The number of nitro benzene ring substituents is 1. The molecule has 1 aliphatic heterocycles. The SMILES string of the molecule is Cc1c(C=O)c(C2=CCC=CC(N3CCN(c4ccc(NSc5ccc(NSc6ccccc6)c([N+](=O)[O-])c5)cc4)CC3)=C2)c(-c2ccc(F)cc2)n1C. The minimum atomic E-state index is -0.371. The van der Waals surface area contributed by atoms with Crippen LogP contribution in [0.1, 0.15) is 28.0 Å². The summed E-state index contributed by atoms with van der Waals surface area (Å²) in [6.45, 7) is 5.27. The van der Waals surface area contributed by atoms with Gasteiger partial charge in [0.05, 0.1) is 10.6 Å². The molecule has 0 unspecified atom stereocenters. The topological polar surface area (TPSA) is 95.7 Å². The van der Waals surface area contributed by atoms with E-state index in [0.29, 0.717) is 11.3 Å². The number of benzene rings is 4. The molecule has 0 atom stereocenters. The van der Waals surface area contributed by atoms with Crippen molar-refractivity contribution < 1.29 is 14.1 Å². The highest BCUT2D eigenvalue weighted by atomic mass is 32.2. The lowest BCUT2D eigenvalue weighted by Gasteiger charge is -2.38. The van der Waals surface area contributed by atoms with Crippen molar-refractivity contribution in [3.8, 4) is 11.3 Å². The Morgan fingerprint density at radius 1 is 0.852 bits per heavy atom. The lowest BCUT2D eigenvalue weighted by atomic mass is 9.96. The number of rotatable bonds is 12. The van der Waals surface area contributed by atoms with Gasteiger partial charge in [-0.3, -0.25) is 14.9 Å². The molecule has 7 rings (SSSR count). The number of carbonyl (C=O) groups is 1. The molecule has 2 heterocycles. The van der Waals surface area contributed by atoms with Gasteiger partial charge in [0.1, 0.15) is 11.5 Å². The van der Waals surface area contributed by atoms with Crippen LogP contribution in [0.4, 0.5) is 27.1 Å². The predicted molar refractivity (Wildman–Crippen MR) is 219 cm³/mol. The molecule has 1 aliphatic carbocycles. The number of carbonyl (C=O) groups excluding carboxylic acids is 1. The van der Waals surface area contributed by atoms with Crippen LogP contribution in [0, 0.1) is 22.9 Å². The molecule has 0 bridgehead atoms. The molecule has 5 aromatic rings. The quantitative estimate of drug-likeness (QED) is 0.0558. The van der Waals surface area contributed by atoms with E-state index in [2.05, 4.69) is 55.7 Å². The lowest BCUT2D eigenvalue weighted by molar-refractivity contribution is -0.384. The zero-order valence-electron chi connectivity index (χ0n) is 29.9. The minimum absolute atomic E-state index is 0.0118. The zero-order valence-corrected chi connectivity index (χ0v) is 31.5. The molecule has 2 N–H and O–H groups in total. The summed E-state index contributed by atoms with van der Waals surface area (Å²) < 4.78 is 22.3. The predicted octanol–water partition coefficient (Wildman–Crippen LogP) is 10.1. The van der Waals surface area contributed by atoms with Crippen LogP contribution < -0.4 is 14.3 Å². The maximum absolute atomic E-state index is 13.8. The van der Waals surface area contributed by atoms with Gasteiger partial charge in [0.2, 0.25) is 0 Å². The number of allylic oxidation sites excluding steroid dienone is 5. The summed E-state index contributed by atoms with van der Waals surface area (Å²) in [7, 11) is 1.95. The normalized spacial score (nSPS) is 14.3. The monoisotopic (exact) mass is 758 g/mol. The van der Waals surface area contributed by atoms with Crippen molar-refractivity contribution in [2.24, 2.45) is 7.05 Å². The van der Waals surface area contributed by atoms with Gasteiger partial charge in [-0.15, -0.1) is 0 Å². The molecule has 54 heavy (non-hydrogen) atoms. The summed E-state index contributed by atoms with van der Waals surface area (Å²) >= 11 is 2.66. The first-order valence-corrected chi connectivity index (χ1v) is 19.2. The average molecular weight is 759 g/mol. The van der Waals surface area contributed by atoms with Gasteiger partial charge in [0.15, 0.2) is 6.29 Å². The number of nitro groups is 1. The Bertz CT molecular complexity index is 2240. The Balaban J connectivity index is 0.986. The van der Waals surface area contributed by atoms with Gasteiger partial charge in [-0.05, 0) is 133 Å². The first-order chi connectivity index (χ1) is 26.3. The van der Waals surface area contributed by atoms with Crippen LogP contribution in [0.3, 0.4) is 0 Å². The number of nitrogens with one attached hydrogen (secondary N) is 2. The van der Waals surface area contributed by atoms with Crippen molar-refractivity contribution >= 4 is 58.5 Å². The molecule has 1 saturated heterocycles. The van der Waals surface area contributed by atoms with E-state index >= 15 is 0 Å².